The fourth-order valence-electron chi connectivity index (χ4n) is 3.00. The second kappa shape index (κ2) is 7.81. The number of halogens is 1. The molecule has 1 aliphatic heterocycles. The van der Waals surface area contributed by atoms with E-state index in [-0.39, 0.29) is 12.3 Å². The Morgan fingerprint density at radius 1 is 1.00 bits per heavy atom. The third-order valence-corrected chi connectivity index (χ3v) is 6.84. The van der Waals surface area contributed by atoms with E-state index in [0.29, 0.717) is 36.0 Å². The minimum atomic E-state index is -3.77. The minimum Gasteiger partial charge on any atom is -0.486 e. The van der Waals surface area contributed by atoms with Crippen molar-refractivity contribution in [2.75, 3.05) is 17.5 Å². The summed E-state index contributed by atoms with van der Waals surface area (Å²) >= 11 is 1.48. The largest absolute Gasteiger partial charge is 0.486 e. The van der Waals surface area contributed by atoms with E-state index in [1.807, 2.05) is 17.5 Å². The van der Waals surface area contributed by atoms with Crippen molar-refractivity contribution < 1.29 is 22.3 Å². The lowest BCUT2D eigenvalue weighted by molar-refractivity contribution is 0.171. The van der Waals surface area contributed by atoms with Crippen molar-refractivity contribution in [3.63, 3.8) is 0 Å². The Morgan fingerprint density at radius 3 is 2.57 bits per heavy atom. The number of rotatable bonds is 6. The predicted octanol–water partition coefficient (Wildman–Crippen LogP) is 4.20. The quantitative estimate of drug-likeness (QED) is 0.601. The van der Waals surface area contributed by atoms with Gasteiger partial charge in [0.05, 0.1) is 18.0 Å². The summed E-state index contributed by atoms with van der Waals surface area (Å²) in [6.45, 7) is 1.06. The molecule has 0 saturated heterocycles. The van der Waals surface area contributed by atoms with E-state index in [1.54, 1.807) is 24.3 Å². The monoisotopic (exact) mass is 419 g/mol. The number of fused-ring (bicyclic) bond motifs is 1. The molecule has 1 aromatic heterocycles. The molecule has 2 aromatic carbocycles. The van der Waals surface area contributed by atoms with Gasteiger partial charge in [-0.05, 0) is 41.3 Å². The Balaban J connectivity index is 1.70. The zero-order valence-electron chi connectivity index (χ0n) is 14.9. The summed E-state index contributed by atoms with van der Waals surface area (Å²) in [5.41, 5.74) is 0.878. The number of hydrogen-bond acceptors (Lipinski definition) is 5. The lowest BCUT2D eigenvalue weighted by atomic mass is 10.2. The summed E-state index contributed by atoms with van der Waals surface area (Å²) < 4.78 is 52.5. The number of ether oxygens (including phenoxy) is 2. The molecule has 0 fully saturated rings. The van der Waals surface area contributed by atoms with Crippen LogP contribution in [0.5, 0.6) is 11.5 Å². The summed E-state index contributed by atoms with van der Waals surface area (Å²) in [6.07, 6.45) is 0. The Labute approximate surface area is 167 Å². The number of anilines is 1. The molecule has 0 atom stereocenters. The van der Waals surface area contributed by atoms with Crippen LogP contribution in [0.3, 0.4) is 0 Å². The van der Waals surface area contributed by atoms with E-state index >= 15 is 0 Å². The third kappa shape index (κ3) is 4.13. The van der Waals surface area contributed by atoms with Gasteiger partial charge in [0.1, 0.15) is 19.0 Å². The van der Waals surface area contributed by atoms with E-state index in [0.717, 1.165) is 4.88 Å². The highest BCUT2D eigenvalue weighted by molar-refractivity contribution is 7.92. The maximum absolute atomic E-state index is 13.5. The zero-order chi connectivity index (χ0) is 19.6. The molecule has 0 unspecified atom stereocenters. The molecule has 146 valence electrons. The van der Waals surface area contributed by atoms with Crippen LogP contribution in [0.1, 0.15) is 10.4 Å². The van der Waals surface area contributed by atoms with Gasteiger partial charge < -0.3 is 9.47 Å². The van der Waals surface area contributed by atoms with Gasteiger partial charge in [0, 0.05) is 10.9 Å². The van der Waals surface area contributed by atoms with Crippen molar-refractivity contribution in [1.29, 1.82) is 0 Å². The molecule has 1 aliphatic rings. The lowest BCUT2D eigenvalue weighted by Gasteiger charge is -2.26. The van der Waals surface area contributed by atoms with Crippen LogP contribution in [0.15, 0.2) is 60.0 Å². The van der Waals surface area contributed by atoms with Crippen molar-refractivity contribution >= 4 is 27.0 Å². The van der Waals surface area contributed by atoms with Gasteiger partial charge in [0.25, 0.3) is 0 Å². The number of benzene rings is 2. The van der Waals surface area contributed by atoms with Crippen molar-refractivity contribution in [3.8, 4) is 11.5 Å². The Kier molecular flexibility index (Phi) is 5.23. The Morgan fingerprint density at radius 2 is 1.82 bits per heavy atom. The lowest BCUT2D eigenvalue weighted by Crippen LogP contribution is -2.31. The Bertz CT molecular complexity index is 1070. The molecule has 5 nitrogen and oxygen atoms in total. The van der Waals surface area contributed by atoms with Gasteiger partial charge >= 0.3 is 0 Å². The van der Waals surface area contributed by atoms with Crippen LogP contribution in [0, 0.1) is 5.82 Å². The molecular formula is C20H18FNO4S2. The first-order valence-corrected chi connectivity index (χ1v) is 11.2. The topological polar surface area (TPSA) is 55.8 Å². The highest BCUT2D eigenvalue weighted by atomic mass is 32.2. The highest BCUT2D eigenvalue weighted by Gasteiger charge is 2.26. The van der Waals surface area contributed by atoms with Crippen LogP contribution >= 0.6 is 11.3 Å². The molecule has 0 saturated carbocycles. The maximum atomic E-state index is 13.5. The molecule has 0 N–H and O–H groups in total. The summed E-state index contributed by atoms with van der Waals surface area (Å²) in [5.74, 6) is 0.344. The molecule has 2 heterocycles. The van der Waals surface area contributed by atoms with Gasteiger partial charge in [-0.1, -0.05) is 18.2 Å². The van der Waals surface area contributed by atoms with Gasteiger partial charge in [-0.3, -0.25) is 4.31 Å². The van der Waals surface area contributed by atoms with Gasteiger partial charge in [-0.25, -0.2) is 12.8 Å². The van der Waals surface area contributed by atoms with Crippen LogP contribution in [0.2, 0.25) is 0 Å². The molecular weight excluding hydrogens is 401 g/mol. The number of thiophene rings is 1. The van der Waals surface area contributed by atoms with E-state index in [9.17, 15) is 12.8 Å². The molecule has 8 heteroatoms. The first-order valence-electron chi connectivity index (χ1n) is 8.68. The average Bonchev–Trinajstić information content (AvgIpc) is 3.19. The SMILES string of the molecule is O=S(=O)(Cc1cccc(F)c1)N(Cc1cccs1)c1ccc2c(c1)OCCO2. The molecule has 3 aromatic rings. The normalized spacial score (nSPS) is 13.3. The molecule has 0 bridgehead atoms. The smallest absolute Gasteiger partial charge is 0.239 e. The van der Waals surface area contributed by atoms with Crippen molar-refractivity contribution in [2.45, 2.75) is 12.3 Å². The third-order valence-electron chi connectivity index (χ3n) is 4.27. The van der Waals surface area contributed by atoms with Crippen LogP contribution in [0.4, 0.5) is 10.1 Å². The number of nitrogens with zero attached hydrogens (tertiary/aromatic N) is 1. The van der Waals surface area contributed by atoms with Gasteiger partial charge in [-0.2, -0.15) is 0 Å². The average molecular weight is 419 g/mol. The summed E-state index contributed by atoms with van der Waals surface area (Å²) in [5, 5.41) is 1.90. The van der Waals surface area contributed by atoms with Crippen LogP contribution in [-0.2, 0) is 22.3 Å². The van der Waals surface area contributed by atoms with Gasteiger partial charge in [-0.15, -0.1) is 11.3 Å². The zero-order valence-corrected chi connectivity index (χ0v) is 16.5. The molecule has 28 heavy (non-hydrogen) atoms. The summed E-state index contributed by atoms with van der Waals surface area (Å²) in [4.78, 5) is 0.901. The van der Waals surface area contributed by atoms with E-state index in [4.69, 9.17) is 9.47 Å². The van der Waals surface area contributed by atoms with Crippen molar-refractivity contribution in [2.24, 2.45) is 0 Å². The number of sulfonamides is 1. The molecule has 0 spiro atoms. The first kappa shape index (κ1) is 18.8. The standard InChI is InChI=1S/C20H18FNO4S2/c21-16-4-1-3-15(11-16)14-28(23,24)22(13-18-5-2-10-27-18)17-6-7-19-20(12-17)26-9-8-25-19/h1-7,10-12H,8-9,13-14H2. The van der Waals surface area contributed by atoms with Gasteiger partial charge in [0.15, 0.2) is 11.5 Å². The second-order valence-corrected chi connectivity index (χ2v) is 9.23. The summed E-state index contributed by atoms with van der Waals surface area (Å²) in [6, 6.07) is 14.5. The van der Waals surface area contributed by atoms with E-state index in [2.05, 4.69) is 0 Å². The molecule has 0 aliphatic carbocycles. The van der Waals surface area contributed by atoms with Gasteiger partial charge in [0.2, 0.25) is 10.0 Å². The summed E-state index contributed by atoms with van der Waals surface area (Å²) in [7, 11) is -3.77. The maximum Gasteiger partial charge on any atom is 0.239 e. The fourth-order valence-corrected chi connectivity index (χ4v) is 5.30. The highest BCUT2D eigenvalue weighted by Crippen LogP contribution is 2.36. The Hall–Kier alpha value is -2.58. The van der Waals surface area contributed by atoms with Crippen LogP contribution in [0.25, 0.3) is 0 Å². The first-order chi connectivity index (χ1) is 13.5. The molecule has 0 radical (unpaired) electrons. The van der Waals surface area contributed by atoms with Crippen LogP contribution in [-0.4, -0.2) is 21.6 Å². The second-order valence-electron chi connectivity index (χ2n) is 6.30. The molecule has 0 amide bonds. The minimum absolute atomic E-state index is 0.189. The molecule has 4 rings (SSSR count). The van der Waals surface area contributed by atoms with Crippen molar-refractivity contribution in [1.82, 2.24) is 0 Å². The van der Waals surface area contributed by atoms with E-state index < -0.39 is 15.8 Å². The van der Waals surface area contributed by atoms with E-state index in [1.165, 1.54) is 33.8 Å². The predicted molar refractivity (Wildman–Crippen MR) is 107 cm³/mol. The number of hydrogen-bond donors (Lipinski definition) is 0. The van der Waals surface area contributed by atoms with Crippen molar-refractivity contribution in [3.05, 3.63) is 76.2 Å². The fraction of sp³-hybridized carbons (Fsp3) is 0.200. The van der Waals surface area contributed by atoms with Crippen LogP contribution < -0.4 is 13.8 Å².